The molecule has 0 bridgehead atoms. The van der Waals surface area contributed by atoms with Gasteiger partial charge in [-0.2, -0.15) is 0 Å². The van der Waals surface area contributed by atoms with Gasteiger partial charge in [0, 0.05) is 25.7 Å². The normalized spacial score (nSPS) is 19.8. The number of methoxy groups -OCH3 is 3. The van der Waals surface area contributed by atoms with Gasteiger partial charge in [-0.15, -0.1) is 0 Å². The molecular formula is C28H34N2O7. The van der Waals surface area contributed by atoms with Gasteiger partial charge in [-0.25, -0.2) is 0 Å². The third-order valence-corrected chi connectivity index (χ3v) is 7.32. The molecule has 0 N–H and O–H groups in total. The first-order chi connectivity index (χ1) is 17.8. The minimum Gasteiger partial charge on any atom is -0.497 e. The first-order valence-electron chi connectivity index (χ1n) is 12.5. The molecule has 2 aromatic carbocycles. The van der Waals surface area contributed by atoms with Crippen LogP contribution in [0.15, 0.2) is 36.4 Å². The maximum Gasteiger partial charge on any atom is 0.309 e. The largest absolute Gasteiger partial charge is 0.497 e. The van der Waals surface area contributed by atoms with E-state index in [-0.39, 0.29) is 23.7 Å². The zero-order chi connectivity index (χ0) is 26.7. The van der Waals surface area contributed by atoms with E-state index in [1.54, 1.807) is 43.0 Å². The van der Waals surface area contributed by atoms with Crippen molar-refractivity contribution in [1.29, 1.82) is 0 Å². The number of fused-ring (bicyclic) bond motifs is 1. The summed E-state index contributed by atoms with van der Waals surface area (Å²) in [5, 5.41) is 0. The van der Waals surface area contributed by atoms with Crippen molar-refractivity contribution in [2.75, 3.05) is 48.1 Å². The van der Waals surface area contributed by atoms with Gasteiger partial charge in [0.25, 0.3) is 5.91 Å². The topological polar surface area (TPSA) is 94.6 Å². The van der Waals surface area contributed by atoms with E-state index in [1.165, 1.54) is 14.2 Å². The fourth-order valence-corrected chi connectivity index (χ4v) is 5.32. The summed E-state index contributed by atoms with van der Waals surface area (Å²) >= 11 is 0. The Morgan fingerprint density at radius 2 is 1.57 bits per heavy atom. The highest BCUT2D eigenvalue weighted by molar-refractivity contribution is 6.02. The molecule has 2 atom stereocenters. The van der Waals surface area contributed by atoms with Crippen molar-refractivity contribution in [3.63, 3.8) is 0 Å². The van der Waals surface area contributed by atoms with Crippen LogP contribution in [-0.4, -0.2) is 75.7 Å². The summed E-state index contributed by atoms with van der Waals surface area (Å²) < 4.78 is 21.5. The number of ether oxygens (including phenoxy) is 4. The van der Waals surface area contributed by atoms with Crippen LogP contribution in [0, 0.1) is 5.92 Å². The lowest BCUT2D eigenvalue weighted by molar-refractivity contribution is -0.151. The van der Waals surface area contributed by atoms with E-state index >= 15 is 0 Å². The third-order valence-electron chi connectivity index (χ3n) is 7.32. The summed E-state index contributed by atoms with van der Waals surface area (Å²) in [7, 11) is 6.34. The molecule has 2 amide bonds. The Morgan fingerprint density at radius 3 is 2.14 bits per heavy atom. The van der Waals surface area contributed by atoms with Crippen molar-refractivity contribution in [3.05, 3.63) is 53.1 Å². The van der Waals surface area contributed by atoms with Crippen LogP contribution in [0.1, 0.15) is 53.2 Å². The first-order valence-corrected chi connectivity index (χ1v) is 12.5. The number of piperidine rings is 1. The van der Waals surface area contributed by atoms with Gasteiger partial charge in [0.1, 0.15) is 5.75 Å². The molecule has 0 aromatic heterocycles. The number of hydrogen-bond donors (Lipinski definition) is 0. The quantitative estimate of drug-likeness (QED) is 0.527. The van der Waals surface area contributed by atoms with Gasteiger partial charge < -0.3 is 28.7 Å². The van der Waals surface area contributed by atoms with Crippen molar-refractivity contribution >= 4 is 17.8 Å². The molecule has 0 saturated carbocycles. The number of rotatable bonds is 7. The minimum atomic E-state index is -0.676. The van der Waals surface area contributed by atoms with Crippen molar-refractivity contribution in [1.82, 2.24) is 9.80 Å². The average molecular weight is 511 g/mol. The summed E-state index contributed by atoms with van der Waals surface area (Å²) in [4.78, 5) is 43.4. The Balaban J connectivity index is 1.76. The maximum absolute atomic E-state index is 14.2. The predicted molar refractivity (Wildman–Crippen MR) is 136 cm³/mol. The summed E-state index contributed by atoms with van der Waals surface area (Å²) in [6, 6.07) is 10.3. The van der Waals surface area contributed by atoms with Crippen LogP contribution in [0.25, 0.3) is 0 Å². The van der Waals surface area contributed by atoms with Crippen LogP contribution in [0.4, 0.5) is 0 Å². The van der Waals surface area contributed by atoms with Crippen LogP contribution in [0.3, 0.4) is 0 Å². The van der Waals surface area contributed by atoms with Crippen molar-refractivity contribution in [2.45, 2.75) is 31.7 Å². The fourth-order valence-electron chi connectivity index (χ4n) is 5.32. The monoisotopic (exact) mass is 510 g/mol. The lowest BCUT2D eigenvalue weighted by Crippen LogP contribution is -2.49. The highest BCUT2D eigenvalue weighted by Gasteiger charge is 2.45. The van der Waals surface area contributed by atoms with E-state index in [1.807, 2.05) is 24.3 Å². The molecular weight excluding hydrogens is 476 g/mol. The number of amides is 2. The number of likely N-dealkylation sites (N-methyl/N-ethyl adjacent to an activating group) is 1. The Kier molecular flexibility index (Phi) is 7.90. The molecule has 1 fully saturated rings. The van der Waals surface area contributed by atoms with Crippen LogP contribution >= 0.6 is 0 Å². The van der Waals surface area contributed by atoms with Crippen LogP contribution in [-0.2, 0) is 14.3 Å². The van der Waals surface area contributed by atoms with Crippen LogP contribution in [0.2, 0.25) is 0 Å². The fraction of sp³-hybridized carbons (Fsp3) is 0.464. The summed E-state index contributed by atoms with van der Waals surface area (Å²) in [5.74, 6) is 0.148. The third kappa shape index (κ3) is 4.95. The van der Waals surface area contributed by atoms with E-state index in [9.17, 15) is 14.4 Å². The second-order valence-electron chi connectivity index (χ2n) is 9.26. The minimum absolute atomic E-state index is 0.101. The van der Waals surface area contributed by atoms with Crippen molar-refractivity contribution in [3.8, 4) is 17.2 Å². The van der Waals surface area contributed by atoms with Gasteiger partial charge in [-0.1, -0.05) is 12.1 Å². The lowest BCUT2D eigenvalue weighted by atomic mass is 9.78. The molecule has 37 heavy (non-hydrogen) atoms. The highest BCUT2D eigenvalue weighted by atomic mass is 16.5. The molecule has 2 heterocycles. The van der Waals surface area contributed by atoms with Crippen molar-refractivity contribution in [2.24, 2.45) is 5.92 Å². The van der Waals surface area contributed by atoms with E-state index < -0.39 is 12.0 Å². The van der Waals surface area contributed by atoms with E-state index in [4.69, 9.17) is 18.9 Å². The zero-order valence-corrected chi connectivity index (χ0v) is 22.0. The molecule has 0 spiro atoms. The maximum atomic E-state index is 14.2. The second kappa shape index (κ2) is 11.1. The zero-order valence-electron chi connectivity index (χ0n) is 22.0. The predicted octanol–water partition coefficient (Wildman–Crippen LogP) is 3.42. The van der Waals surface area contributed by atoms with E-state index in [0.717, 1.165) is 5.56 Å². The van der Waals surface area contributed by atoms with Gasteiger partial charge in [0.15, 0.2) is 11.5 Å². The number of likely N-dealkylation sites (tertiary alicyclic amines) is 1. The highest BCUT2D eigenvalue weighted by Crippen LogP contribution is 2.46. The molecule has 2 aromatic rings. The summed E-state index contributed by atoms with van der Waals surface area (Å²) in [6.07, 6.45) is 1.08. The molecule has 9 heteroatoms. The number of hydrogen-bond acceptors (Lipinski definition) is 7. The Labute approximate surface area is 217 Å². The second-order valence-corrected chi connectivity index (χ2v) is 9.26. The summed E-state index contributed by atoms with van der Waals surface area (Å²) in [5.41, 5.74) is 1.82. The molecule has 2 aliphatic heterocycles. The molecule has 0 radical (unpaired) electrons. The Morgan fingerprint density at radius 1 is 0.946 bits per heavy atom. The van der Waals surface area contributed by atoms with E-state index in [2.05, 4.69) is 0 Å². The number of nitrogens with zero attached hydrogens (tertiary/aromatic N) is 2. The number of esters is 1. The molecule has 2 aliphatic rings. The average Bonchev–Trinajstić information content (AvgIpc) is 2.94. The molecule has 4 rings (SSSR count). The van der Waals surface area contributed by atoms with Gasteiger partial charge in [0.05, 0.1) is 45.8 Å². The molecule has 9 nitrogen and oxygen atoms in total. The van der Waals surface area contributed by atoms with Gasteiger partial charge >= 0.3 is 5.97 Å². The smallest absolute Gasteiger partial charge is 0.309 e. The van der Waals surface area contributed by atoms with E-state index in [0.29, 0.717) is 60.9 Å². The lowest BCUT2D eigenvalue weighted by Gasteiger charge is -2.43. The van der Waals surface area contributed by atoms with Crippen LogP contribution in [0.5, 0.6) is 17.2 Å². The molecule has 0 aliphatic carbocycles. The van der Waals surface area contributed by atoms with Gasteiger partial charge in [-0.05, 0) is 55.2 Å². The SMILES string of the molecule is CCOC(=O)C1CCN(C(=O)C2c3cc(OC)c(OC)cc3C(=O)N(C)C2c2ccc(OC)cc2)CC1. The Hall–Kier alpha value is -3.75. The molecule has 2 unspecified atom stereocenters. The summed E-state index contributed by atoms with van der Waals surface area (Å²) in [6.45, 7) is 3.01. The Bertz CT molecular complexity index is 1160. The first kappa shape index (κ1) is 26.3. The number of carbonyl (C=O) groups excluding carboxylic acids is 3. The molecule has 1 saturated heterocycles. The molecule has 198 valence electrons. The van der Waals surface area contributed by atoms with Crippen LogP contribution < -0.4 is 14.2 Å². The standard InChI is InChI=1S/C28H34N2O7/c1-6-37-28(33)18-11-13-30(14-12-18)27(32)24-20-15-22(35-4)23(36-5)16-21(20)26(31)29(2)25(24)17-7-9-19(34-3)10-8-17/h7-10,15-16,18,24-25H,6,11-14H2,1-5H3. The number of benzene rings is 2. The number of carbonyl (C=O) groups is 3. The van der Waals surface area contributed by atoms with Crippen molar-refractivity contribution < 1.29 is 33.3 Å². The van der Waals surface area contributed by atoms with Gasteiger partial charge in [0.2, 0.25) is 5.91 Å². The van der Waals surface area contributed by atoms with Gasteiger partial charge in [-0.3, -0.25) is 14.4 Å².